The minimum Gasteiger partial charge on any atom is -0.493 e. The van der Waals surface area contributed by atoms with Gasteiger partial charge in [0, 0.05) is 10.6 Å². The van der Waals surface area contributed by atoms with E-state index in [1.807, 2.05) is 18.2 Å². The summed E-state index contributed by atoms with van der Waals surface area (Å²) in [4.78, 5) is 0. The van der Waals surface area contributed by atoms with Crippen molar-refractivity contribution in [3.8, 4) is 5.75 Å². The summed E-state index contributed by atoms with van der Waals surface area (Å²) in [5, 5.41) is 0.709. The molecule has 0 atom stereocenters. The molecule has 0 aliphatic heterocycles. The molecule has 1 aromatic rings. The average Bonchev–Trinajstić information content (AvgIpc) is 3.04. The molecule has 1 nitrogen and oxygen atoms in total. The van der Waals surface area contributed by atoms with E-state index in [0.29, 0.717) is 10.9 Å². The molecule has 1 aliphatic rings. The molecule has 0 amide bonds. The van der Waals surface area contributed by atoms with Crippen LogP contribution in [0.15, 0.2) is 18.2 Å². The van der Waals surface area contributed by atoms with Gasteiger partial charge in [-0.05, 0) is 30.5 Å². The average molecular weight is 245 g/mol. The minimum atomic E-state index is 0.444. The van der Waals surface area contributed by atoms with E-state index < -0.39 is 0 Å². The lowest BCUT2D eigenvalue weighted by Crippen LogP contribution is -2.00. The minimum absolute atomic E-state index is 0.444. The molecule has 82 valence electrons. The molecule has 0 bridgehead atoms. The van der Waals surface area contributed by atoms with Gasteiger partial charge in [0.15, 0.2) is 0 Å². The van der Waals surface area contributed by atoms with Gasteiger partial charge < -0.3 is 4.74 Å². The largest absolute Gasteiger partial charge is 0.493 e. The normalized spacial score (nSPS) is 15.3. The Hall–Kier alpha value is -0.400. The highest BCUT2D eigenvalue weighted by Gasteiger charge is 2.20. The zero-order valence-electron chi connectivity index (χ0n) is 8.51. The number of alkyl halides is 1. The van der Waals surface area contributed by atoms with Gasteiger partial charge >= 0.3 is 0 Å². The first-order valence-corrected chi connectivity index (χ1v) is 6.18. The molecule has 1 fully saturated rings. The SMILES string of the molecule is ClCc1cc(Cl)ccc1OCCC1CC1. The van der Waals surface area contributed by atoms with Crippen LogP contribution in [0.5, 0.6) is 5.75 Å². The van der Waals surface area contributed by atoms with E-state index in [1.54, 1.807) is 0 Å². The van der Waals surface area contributed by atoms with Crippen LogP contribution in [0.4, 0.5) is 0 Å². The maximum Gasteiger partial charge on any atom is 0.123 e. The van der Waals surface area contributed by atoms with Crippen LogP contribution in [0.1, 0.15) is 24.8 Å². The molecule has 0 N–H and O–H groups in total. The molecule has 15 heavy (non-hydrogen) atoms. The van der Waals surface area contributed by atoms with Crippen LogP contribution in [0.2, 0.25) is 5.02 Å². The van der Waals surface area contributed by atoms with E-state index in [-0.39, 0.29) is 0 Å². The standard InChI is InChI=1S/C12H14Cl2O/c13-8-10-7-11(14)3-4-12(10)15-6-5-9-1-2-9/h3-4,7,9H,1-2,5-6,8H2. The monoisotopic (exact) mass is 244 g/mol. The zero-order valence-corrected chi connectivity index (χ0v) is 10.0. The number of rotatable bonds is 5. The summed E-state index contributed by atoms with van der Waals surface area (Å²) in [7, 11) is 0. The quantitative estimate of drug-likeness (QED) is 0.704. The molecule has 1 aromatic carbocycles. The van der Waals surface area contributed by atoms with Crippen LogP contribution in [-0.4, -0.2) is 6.61 Å². The van der Waals surface area contributed by atoms with E-state index >= 15 is 0 Å². The molecule has 1 saturated carbocycles. The van der Waals surface area contributed by atoms with Crippen molar-refractivity contribution in [2.75, 3.05) is 6.61 Å². The fourth-order valence-corrected chi connectivity index (χ4v) is 1.94. The second kappa shape index (κ2) is 5.09. The van der Waals surface area contributed by atoms with Gasteiger partial charge in [-0.1, -0.05) is 24.4 Å². The Morgan fingerprint density at radius 2 is 2.13 bits per heavy atom. The zero-order chi connectivity index (χ0) is 10.7. The van der Waals surface area contributed by atoms with E-state index in [4.69, 9.17) is 27.9 Å². The topological polar surface area (TPSA) is 9.23 Å². The second-order valence-corrected chi connectivity index (χ2v) is 4.67. The molecule has 0 radical (unpaired) electrons. The highest BCUT2D eigenvalue weighted by Crippen LogP contribution is 2.32. The van der Waals surface area contributed by atoms with Crippen LogP contribution < -0.4 is 4.74 Å². The van der Waals surface area contributed by atoms with E-state index in [9.17, 15) is 0 Å². The second-order valence-electron chi connectivity index (χ2n) is 3.97. The number of hydrogen-bond donors (Lipinski definition) is 0. The highest BCUT2D eigenvalue weighted by molar-refractivity contribution is 6.30. The summed E-state index contributed by atoms with van der Waals surface area (Å²) in [6, 6.07) is 5.60. The summed E-state index contributed by atoms with van der Waals surface area (Å²) < 4.78 is 5.69. The van der Waals surface area contributed by atoms with Gasteiger partial charge in [-0.2, -0.15) is 0 Å². The lowest BCUT2D eigenvalue weighted by molar-refractivity contribution is 0.300. The van der Waals surface area contributed by atoms with Gasteiger partial charge in [0.25, 0.3) is 0 Å². The van der Waals surface area contributed by atoms with Gasteiger partial charge in [0.2, 0.25) is 0 Å². The fourth-order valence-electron chi connectivity index (χ4n) is 1.54. The predicted octanol–water partition coefficient (Wildman–Crippen LogP) is 4.26. The first-order valence-electron chi connectivity index (χ1n) is 5.27. The third-order valence-electron chi connectivity index (χ3n) is 2.65. The van der Waals surface area contributed by atoms with E-state index in [2.05, 4.69) is 0 Å². The molecule has 0 spiro atoms. The van der Waals surface area contributed by atoms with Gasteiger partial charge in [0.1, 0.15) is 5.75 Å². The number of benzene rings is 1. The number of halogens is 2. The van der Waals surface area contributed by atoms with Crippen molar-refractivity contribution in [1.29, 1.82) is 0 Å². The Balaban J connectivity index is 1.92. The molecule has 0 saturated heterocycles. The first-order chi connectivity index (χ1) is 7.29. The third kappa shape index (κ3) is 3.29. The number of hydrogen-bond acceptors (Lipinski definition) is 1. The Morgan fingerprint density at radius 3 is 2.80 bits per heavy atom. The van der Waals surface area contributed by atoms with Gasteiger partial charge in [-0.15, -0.1) is 11.6 Å². The Labute approximate surface area is 100 Å². The van der Waals surface area contributed by atoms with Gasteiger partial charge in [-0.25, -0.2) is 0 Å². The lowest BCUT2D eigenvalue weighted by atomic mass is 10.2. The smallest absolute Gasteiger partial charge is 0.123 e. The summed E-state index contributed by atoms with van der Waals surface area (Å²) in [6.45, 7) is 0.788. The maximum atomic E-state index is 5.88. The number of ether oxygens (including phenoxy) is 1. The van der Waals surface area contributed by atoms with Crippen molar-refractivity contribution >= 4 is 23.2 Å². The molecular weight excluding hydrogens is 231 g/mol. The van der Waals surface area contributed by atoms with Crippen LogP contribution in [0.3, 0.4) is 0 Å². The third-order valence-corrected chi connectivity index (χ3v) is 3.17. The molecular formula is C12H14Cl2O. The van der Waals surface area contributed by atoms with Crippen molar-refractivity contribution in [3.05, 3.63) is 28.8 Å². The summed E-state index contributed by atoms with van der Waals surface area (Å²) in [6.07, 6.45) is 3.89. The van der Waals surface area contributed by atoms with Crippen LogP contribution in [0, 0.1) is 5.92 Å². The molecule has 0 heterocycles. The van der Waals surface area contributed by atoms with Crippen molar-refractivity contribution in [2.24, 2.45) is 5.92 Å². The van der Waals surface area contributed by atoms with Crippen molar-refractivity contribution < 1.29 is 4.74 Å². The summed E-state index contributed by atoms with van der Waals surface area (Å²) >= 11 is 11.7. The van der Waals surface area contributed by atoms with Crippen molar-refractivity contribution in [2.45, 2.75) is 25.1 Å². The first kappa shape index (κ1) is 11.1. The Morgan fingerprint density at radius 1 is 1.33 bits per heavy atom. The summed E-state index contributed by atoms with van der Waals surface area (Å²) in [5.41, 5.74) is 0.972. The van der Waals surface area contributed by atoms with Crippen molar-refractivity contribution in [3.63, 3.8) is 0 Å². The van der Waals surface area contributed by atoms with Crippen molar-refractivity contribution in [1.82, 2.24) is 0 Å². The van der Waals surface area contributed by atoms with Gasteiger partial charge in [0.05, 0.1) is 12.5 Å². The highest BCUT2D eigenvalue weighted by atomic mass is 35.5. The predicted molar refractivity (Wildman–Crippen MR) is 63.8 cm³/mol. The maximum absolute atomic E-state index is 5.88. The molecule has 3 heteroatoms. The molecule has 0 unspecified atom stereocenters. The van der Waals surface area contributed by atoms with Crippen LogP contribution >= 0.6 is 23.2 Å². The summed E-state index contributed by atoms with van der Waals surface area (Å²) in [5.74, 6) is 2.21. The van der Waals surface area contributed by atoms with Crippen LogP contribution in [0.25, 0.3) is 0 Å². The fraction of sp³-hybridized carbons (Fsp3) is 0.500. The Bertz CT molecular complexity index is 334. The molecule has 0 aromatic heterocycles. The molecule has 1 aliphatic carbocycles. The van der Waals surface area contributed by atoms with E-state index in [0.717, 1.165) is 30.3 Å². The van der Waals surface area contributed by atoms with Gasteiger partial charge in [-0.3, -0.25) is 0 Å². The molecule has 2 rings (SSSR count). The Kier molecular flexibility index (Phi) is 3.76. The van der Waals surface area contributed by atoms with Crippen LogP contribution in [-0.2, 0) is 5.88 Å². The lowest BCUT2D eigenvalue weighted by Gasteiger charge is -2.09. The van der Waals surface area contributed by atoms with E-state index in [1.165, 1.54) is 12.8 Å².